The Balaban J connectivity index is 1.66. The molecule has 0 saturated heterocycles. The third-order valence-electron chi connectivity index (χ3n) is 3.99. The molecule has 0 aliphatic heterocycles. The first-order chi connectivity index (χ1) is 12.2. The van der Waals surface area contributed by atoms with Crippen LogP contribution in [0.3, 0.4) is 0 Å². The molecule has 1 aromatic heterocycles. The number of rotatable bonds is 6. The van der Waals surface area contributed by atoms with Gasteiger partial charge in [-0.3, -0.25) is 9.89 Å². The number of unbranched alkanes of at least 4 members (excludes halogenated alkanes) is 1. The normalized spacial score (nSPS) is 10.6. The summed E-state index contributed by atoms with van der Waals surface area (Å²) >= 11 is 3.41. The van der Waals surface area contributed by atoms with Crippen LogP contribution in [-0.4, -0.2) is 16.1 Å². The number of nitrogens with zero attached hydrogens (tertiary/aromatic N) is 1. The molecule has 3 aromatic rings. The molecule has 0 unspecified atom stereocenters. The van der Waals surface area contributed by atoms with Crippen LogP contribution in [-0.2, 0) is 6.42 Å². The maximum atomic E-state index is 12.4. The minimum atomic E-state index is -0.197. The van der Waals surface area contributed by atoms with E-state index in [1.807, 2.05) is 36.4 Å². The molecule has 0 saturated carbocycles. The third-order valence-corrected chi connectivity index (χ3v) is 4.52. The van der Waals surface area contributed by atoms with Crippen molar-refractivity contribution in [2.45, 2.75) is 26.2 Å². The van der Waals surface area contributed by atoms with Gasteiger partial charge in [0.05, 0.1) is 5.69 Å². The molecule has 4 nitrogen and oxygen atoms in total. The van der Waals surface area contributed by atoms with Gasteiger partial charge in [-0.1, -0.05) is 53.5 Å². The first-order valence-corrected chi connectivity index (χ1v) is 9.16. The van der Waals surface area contributed by atoms with E-state index >= 15 is 0 Å². The molecule has 2 N–H and O–H groups in total. The number of H-pyrrole nitrogens is 1. The fraction of sp³-hybridized carbons (Fsp3) is 0.200. The number of aryl methyl sites for hydroxylation is 1. The van der Waals surface area contributed by atoms with Gasteiger partial charge in [0.25, 0.3) is 5.91 Å². The van der Waals surface area contributed by atoms with Crippen LogP contribution in [0.2, 0.25) is 0 Å². The van der Waals surface area contributed by atoms with Gasteiger partial charge in [-0.05, 0) is 48.7 Å². The highest BCUT2D eigenvalue weighted by Crippen LogP contribution is 2.21. The van der Waals surface area contributed by atoms with Gasteiger partial charge in [0, 0.05) is 15.7 Å². The molecule has 3 rings (SSSR count). The summed E-state index contributed by atoms with van der Waals surface area (Å²) in [5, 5.41) is 9.93. The summed E-state index contributed by atoms with van der Waals surface area (Å²) in [7, 11) is 0. The van der Waals surface area contributed by atoms with Crippen molar-refractivity contribution in [3.8, 4) is 11.3 Å². The Labute approximate surface area is 155 Å². The Hall–Kier alpha value is -2.40. The summed E-state index contributed by atoms with van der Waals surface area (Å²) in [6, 6.07) is 17.6. The Morgan fingerprint density at radius 3 is 2.52 bits per heavy atom. The summed E-state index contributed by atoms with van der Waals surface area (Å²) in [6.07, 6.45) is 3.43. The molecular weight excluding hydrogens is 378 g/mol. The quantitative estimate of drug-likeness (QED) is 0.581. The SMILES string of the molecule is CCCCc1ccc(NC(=O)c2cc(-c3ccc(Br)cc3)n[nH]2)cc1. The van der Waals surface area contributed by atoms with Crippen molar-refractivity contribution < 1.29 is 4.79 Å². The number of benzene rings is 2. The highest BCUT2D eigenvalue weighted by Gasteiger charge is 2.11. The van der Waals surface area contributed by atoms with Gasteiger partial charge >= 0.3 is 0 Å². The largest absolute Gasteiger partial charge is 0.321 e. The summed E-state index contributed by atoms with van der Waals surface area (Å²) in [4.78, 5) is 12.4. The van der Waals surface area contributed by atoms with Gasteiger partial charge in [-0.25, -0.2) is 0 Å². The lowest BCUT2D eigenvalue weighted by Gasteiger charge is -2.05. The van der Waals surface area contributed by atoms with Crippen molar-refractivity contribution in [3.05, 3.63) is 70.3 Å². The predicted octanol–water partition coefficient (Wildman–Crippen LogP) is 5.43. The van der Waals surface area contributed by atoms with Crippen LogP contribution < -0.4 is 5.32 Å². The Morgan fingerprint density at radius 2 is 1.84 bits per heavy atom. The summed E-state index contributed by atoms with van der Waals surface area (Å²) in [5.74, 6) is -0.197. The minimum absolute atomic E-state index is 0.197. The monoisotopic (exact) mass is 397 g/mol. The molecule has 0 aliphatic carbocycles. The molecule has 0 atom stereocenters. The number of hydrogen-bond donors (Lipinski definition) is 2. The van der Waals surface area contributed by atoms with Gasteiger partial charge in [0.1, 0.15) is 5.69 Å². The van der Waals surface area contributed by atoms with Crippen LogP contribution in [0, 0.1) is 0 Å². The number of aromatic amines is 1. The number of nitrogens with one attached hydrogen (secondary N) is 2. The maximum Gasteiger partial charge on any atom is 0.273 e. The summed E-state index contributed by atoms with van der Waals surface area (Å²) in [6.45, 7) is 2.18. The van der Waals surface area contributed by atoms with Crippen molar-refractivity contribution in [2.75, 3.05) is 5.32 Å². The third kappa shape index (κ3) is 4.57. The van der Waals surface area contributed by atoms with Crippen LogP contribution in [0.5, 0.6) is 0 Å². The van der Waals surface area contributed by atoms with E-state index in [0.29, 0.717) is 5.69 Å². The Kier molecular flexibility index (Phi) is 5.66. The van der Waals surface area contributed by atoms with Crippen molar-refractivity contribution >= 4 is 27.5 Å². The topological polar surface area (TPSA) is 57.8 Å². The molecule has 25 heavy (non-hydrogen) atoms. The lowest BCUT2D eigenvalue weighted by molar-refractivity contribution is 0.102. The second-order valence-corrected chi connectivity index (χ2v) is 6.84. The number of anilines is 1. The number of carbonyl (C=O) groups is 1. The van der Waals surface area contributed by atoms with Crippen molar-refractivity contribution in [2.24, 2.45) is 0 Å². The number of carbonyl (C=O) groups excluding carboxylic acids is 1. The van der Waals surface area contributed by atoms with Gasteiger partial charge in [0.2, 0.25) is 0 Å². The fourth-order valence-corrected chi connectivity index (χ4v) is 2.80. The standard InChI is InChI=1S/C20H20BrN3O/c1-2-3-4-14-5-11-17(12-6-14)22-20(25)19-13-18(23-24-19)15-7-9-16(21)10-8-15/h5-13H,2-4H2,1H3,(H,22,25)(H,23,24). The molecule has 128 valence electrons. The van der Waals surface area contributed by atoms with Crippen molar-refractivity contribution in [3.63, 3.8) is 0 Å². The maximum absolute atomic E-state index is 12.4. The molecular formula is C20H20BrN3O. The van der Waals surface area contributed by atoms with Crippen LogP contribution in [0.15, 0.2) is 59.1 Å². The zero-order valence-electron chi connectivity index (χ0n) is 14.1. The minimum Gasteiger partial charge on any atom is -0.321 e. The number of amides is 1. The Bertz CT molecular complexity index is 838. The first kappa shape index (κ1) is 17.4. The van der Waals surface area contributed by atoms with E-state index < -0.39 is 0 Å². The van der Waals surface area contributed by atoms with Gasteiger partial charge in [-0.15, -0.1) is 0 Å². The van der Waals surface area contributed by atoms with Crippen LogP contribution >= 0.6 is 15.9 Å². The summed E-state index contributed by atoms with van der Waals surface area (Å²) in [5.41, 5.74) is 4.21. The van der Waals surface area contributed by atoms with Crippen molar-refractivity contribution in [1.29, 1.82) is 0 Å². The second kappa shape index (κ2) is 8.12. The predicted molar refractivity (Wildman–Crippen MR) is 105 cm³/mol. The van der Waals surface area contributed by atoms with Gasteiger partial charge in [-0.2, -0.15) is 5.10 Å². The lowest BCUT2D eigenvalue weighted by Crippen LogP contribution is -2.12. The highest BCUT2D eigenvalue weighted by atomic mass is 79.9. The molecule has 0 bridgehead atoms. The van der Waals surface area contributed by atoms with Gasteiger partial charge < -0.3 is 5.32 Å². The highest BCUT2D eigenvalue weighted by molar-refractivity contribution is 9.10. The number of aromatic nitrogens is 2. The van der Waals surface area contributed by atoms with Crippen LogP contribution in [0.1, 0.15) is 35.8 Å². The molecule has 1 amide bonds. The van der Waals surface area contributed by atoms with Crippen LogP contribution in [0.4, 0.5) is 5.69 Å². The van der Waals surface area contributed by atoms with Gasteiger partial charge in [0.15, 0.2) is 0 Å². The van der Waals surface area contributed by atoms with E-state index in [9.17, 15) is 4.79 Å². The second-order valence-electron chi connectivity index (χ2n) is 5.93. The summed E-state index contributed by atoms with van der Waals surface area (Å²) < 4.78 is 1.01. The smallest absolute Gasteiger partial charge is 0.273 e. The zero-order chi connectivity index (χ0) is 17.6. The first-order valence-electron chi connectivity index (χ1n) is 8.37. The molecule has 2 aromatic carbocycles. The molecule has 1 heterocycles. The average molecular weight is 398 g/mol. The number of hydrogen-bond acceptors (Lipinski definition) is 2. The molecule has 0 fully saturated rings. The molecule has 5 heteroatoms. The van der Waals surface area contributed by atoms with E-state index in [1.165, 1.54) is 18.4 Å². The van der Waals surface area contributed by atoms with E-state index in [1.54, 1.807) is 6.07 Å². The molecule has 0 spiro atoms. The van der Waals surface area contributed by atoms with E-state index in [-0.39, 0.29) is 5.91 Å². The van der Waals surface area contributed by atoms with Crippen molar-refractivity contribution in [1.82, 2.24) is 10.2 Å². The van der Waals surface area contributed by atoms with E-state index in [2.05, 4.69) is 50.5 Å². The Morgan fingerprint density at radius 1 is 1.12 bits per heavy atom. The zero-order valence-corrected chi connectivity index (χ0v) is 15.6. The van der Waals surface area contributed by atoms with E-state index in [0.717, 1.165) is 27.8 Å². The number of halogens is 1. The molecule has 0 radical (unpaired) electrons. The fourth-order valence-electron chi connectivity index (χ4n) is 2.54. The van der Waals surface area contributed by atoms with E-state index in [4.69, 9.17) is 0 Å². The lowest BCUT2D eigenvalue weighted by atomic mass is 10.1. The van der Waals surface area contributed by atoms with Crippen LogP contribution in [0.25, 0.3) is 11.3 Å². The molecule has 0 aliphatic rings. The average Bonchev–Trinajstić information content (AvgIpc) is 3.12.